The predicted octanol–water partition coefficient (Wildman–Crippen LogP) is 4.05. The number of halogens is 2. The molecule has 88 valence electrons. The summed E-state index contributed by atoms with van der Waals surface area (Å²) >= 11 is 11.8. The number of benzene rings is 1. The first-order valence-electron chi connectivity index (χ1n) is 5.16. The Bertz CT molecular complexity index is 488. The third-order valence-electron chi connectivity index (χ3n) is 2.25. The molecule has 0 aliphatic heterocycles. The van der Waals surface area contributed by atoms with Gasteiger partial charge < -0.3 is 4.74 Å². The Morgan fingerprint density at radius 2 is 2.06 bits per heavy atom. The van der Waals surface area contributed by atoms with E-state index in [1.165, 1.54) is 0 Å². The van der Waals surface area contributed by atoms with Gasteiger partial charge in [-0.05, 0) is 29.8 Å². The van der Waals surface area contributed by atoms with Crippen molar-refractivity contribution in [1.29, 1.82) is 0 Å². The third kappa shape index (κ3) is 3.35. The van der Waals surface area contributed by atoms with Crippen LogP contribution in [0.15, 0.2) is 42.6 Å². The molecular formula is C13H11Cl2NO. The van der Waals surface area contributed by atoms with Crippen molar-refractivity contribution in [1.82, 2.24) is 4.98 Å². The number of nitrogens with zero attached hydrogens (tertiary/aromatic N) is 1. The minimum Gasteiger partial charge on any atom is -0.486 e. The molecular weight excluding hydrogens is 257 g/mol. The summed E-state index contributed by atoms with van der Waals surface area (Å²) in [5.74, 6) is 1.09. The molecule has 0 unspecified atom stereocenters. The van der Waals surface area contributed by atoms with Crippen molar-refractivity contribution in [2.24, 2.45) is 0 Å². The molecule has 0 saturated carbocycles. The van der Waals surface area contributed by atoms with E-state index in [-0.39, 0.29) is 0 Å². The van der Waals surface area contributed by atoms with Gasteiger partial charge in [-0.1, -0.05) is 23.7 Å². The van der Waals surface area contributed by atoms with E-state index in [1.54, 1.807) is 6.20 Å². The van der Waals surface area contributed by atoms with E-state index in [2.05, 4.69) is 4.98 Å². The molecule has 0 aliphatic carbocycles. The van der Waals surface area contributed by atoms with Crippen LogP contribution < -0.4 is 4.74 Å². The highest BCUT2D eigenvalue weighted by Crippen LogP contribution is 2.26. The number of ether oxygens (including phenoxy) is 1. The molecule has 17 heavy (non-hydrogen) atoms. The highest BCUT2D eigenvalue weighted by Gasteiger charge is 2.03. The largest absolute Gasteiger partial charge is 0.486 e. The zero-order chi connectivity index (χ0) is 12.1. The van der Waals surface area contributed by atoms with Gasteiger partial charge >= 0.3 is 0 Å². The van der Waals surface area contributed by atoms with Crippen molar-refractivity contribution in [3.63, 3.8) is 0 Å². The number of hydrogen-bond acceptors (Lipinski definition) is 2. The summed E-state index contributed by atoms with van der Waals surface area (Å²) in [5.41, 5.74) is 1.84. The first-order chi connectivity index (χ1) is 8.29. The number of rotatable bonds is 4. The van der Waals surface area contributed by atoms with Gasteiger partial charge in [0.05, 0.1) is 10.7 Å². The summed E-state index contributed by atoms with van der Waals surface area (Å²) in [6, 6.07) is 11.2. The summed E-state index contributed by atoms with van der Waals surface area (Å²) < 4.78 is 5.58. The summed E-state index contributed by atoms with van der Waals surface area (Å²) in [6.45, 7) is 0.404. The van der Waals surface area contributed by atoms with E-state index in [0.717, 1.165) is 11.3 Å². The fourth-order valence-electron chi connectivity index (χ4n) is 1.38. The molecule has 0 radical (unpaired) electrons. The average Bonchev–Trinajstić information content (AvgIpc) is 2.38. The van der Waals surface area contributed by atoms with Gasteiger partial charge in [0.2, 0.25) is 0 Å². The van der Waals surface area contributed by atoms with Crippen molar-refractivity contribution in [2.45, 2.75) is 12.5 Å². The first kappa shape index (κ1) is 12.2. The number of pyridine rings is 1. The van der Waals surface area contributed by atoms with Crippen LogP contribution in [0.4, 0.5) is 0 Å². The maximum Gasteiger partial charge on any atom is 0.138 e. The fourth-order valence-corrected chi connectivity index (χ4v) is 1.80. The Hall–Kier alpha value is -1.25. The Labute approximate surface area is 110 Å². The predicted molar refractivity (Wildman–Crippen MR) is 69.6 cm³/mol. The minimum atomic E-state index is 0.404. The molecule has 2 nitrogen and oxygen atoms in total. The molecule has 1 heterocycles. The smallest absolute Gasteiger partial charge is 0.138 e. The van der Waals surface area contributed by atoms with Crippen molar-refractivity contribution in [3.05, 3.63) is 58.9 Å². The van der Waals surface area contributed by atoms with E-state index in [0.29, 0.717) is 23.3 Å². The Kier molecular flexibility index (Phi) is 4.24. The third-order valence-corrected chi connectivity index (χ3v) is 2.86. The zero-order valence-corrected chi connectivity index (χ0v) is 10.6. The van der Waals surface area contributed by atoms with Crippen LogP contribution in [0.5, 0.6) is 5.75 Å². The minimum absolute atomic E-state index is 0.404. The fraction of sp³-hybridized carbons (Fsp3) is 0.154. The van der Waals surface area contributed by atoms with Gasteiger partial charge in [-0.3, -0.25) is 4.98 Å². The van der Waals surface area contributed by atoms with Gasteiger partial charge in [-0.25, -0.2) is 0 Å². The number of alkyl halides is 1. The molecule has 0 fully saturated rings. The first-order valence-corrected chi connectivity index (χ1v) is 6.08. The van der Waals surface area contributed by atoms with Crippen LogP contribution in [-0.4, -0.2) is 4.98 Å². The van der Waals surface area contributed by atoms with E-state index in [1.807, 2.05) is 36.4 Å². The van der Waals surface area contributed by atoms with Gasteiger partial charge in [0.1, 0.15) is 12.4 Å². The molecule has 4 heteroatoms. The van der Waals surface area contributed by atoms with E-state index in [4.69, 9.17) is 27.9 Å². The number of aromatic nitrogens is 1. The molecule has 0 aliphatic rings. The van der Waals surface area contributed by atoms with Crippen molar-refractivity contribution in [2.75, 3.05) is 0 Å². The summed E-state index contributed by atoms with van der Waals surface area (Å²) in [7, 11) is 0. The molecule has 0 saturated heterocycles. The Balaban J connectivity index is 2.04. The van der Waals surface area contributed by atoms with E-state index < -0.39 is 0 Å². The van der Waals surface area contributed by atoms with Crippen molar-refractivity contribution < 1.29 is 4.74 Å². The lowest BCUT2D eigenvalue weighted by Gasteiger charge is -2.08. The lowest BCUT2D eigenvalue weighted by Crippen LogP contribution is -1.98. The second kappa shape index (κ2) is 5.89. The second-order valence-electron chi connectivity index (χ2n) is 3.51. The van der Waals surface area contributed by atoms with Crippen LogP contribution in [0.3, 0.4) is 0 Å². The summed E-state index contributed by atoms with van der Waals surface area (Å²) in [5, 5.41) is 0.569. The van der Waals surface area contributed by atoms with E-state index in [9.17, 15) is 0 Å². The Morgan fingerprint density at radius 1 is 1.18 bits per heavy atom. The molecule has 1 aromatic heterocycles. The molecule has 1 aromatic carbocycles. The molecule has 0 atom stereocenters. The van der Waals surface area contributed by atoms with Crippen LogP contribution in [0.1, 0.15) is 11.3 Å². The lowest BCUT2D eigenvalue weighted by molar-refractivity contribution is 0.301. The number of hydrogen-bond donors (Lipinski definition) is 0. The molecule has 0 amide bonds. The molecule has 2 rings (SSSR count). The van der Waals surface area contributed by atoms with Gasteiger partial charge in [0, 0.05) is 12.1 Å². The molecule has 2 aromatic rings. The van der Waals surface area contributed by atoms with Gasteiger partial charge in [-0.15, -0.1) is 11.6 Å². The average molecular weight is 268 g/mol. The van der Waals surface area contributed by atoms with Crippen LogP contribution in [-0.2, 0) is 12.5 Å². The SMILES string of the molecule is ClCc1ccc(OCc2ccccn2)c(Cl)c1. The van der Waals surface area contributed by atoms with Crippen LogP contribution >= 0.6 is 23.2 Å². The highest BCUT2D eigenvalue weighted by atomic mass is 35.5. The highest BCUT2D eigenvalue weighted by molar-refractivity contribution is 6.32. The normalized spacial score (nSPS) is 10.2. The van der Waals surface area contributed by atoms with Crippen LogP contribution in [0.2, 0.25) is 5.02 Å². The zero-order valence-electron chi connectivity index (χ0n) is 9.07. The van der Waals surface area contributed by atoms with Gasteiger partial charge in [0.25, 0.3) is 0 Å². The molecule has 0 N–H and O–H groups in total. The second-order valence-corrected chi connectivity index (χ2v) is 4.18. The topological polar surface area (TPSA) is 22.1 Å². The summed E-state index contributed by atoms with van der Waals surface area (Å²) in [6.07, 6.45) is 1.73. The maximum atomic E-state index is 6.07. The van der Waals surface area contributed by atoms with Gasteiger partial charge in [0.15, 0.2) is 0 Å². The van der Waals surface area contributed by atoms with Crippen molar-refractivity contribution >= 4 is 23.2 Å². The maximum absolute atomic E-state index is 6.07. The van der Waals surface area contributed by atoms with Crippen LogP contribution in [0.25, 0.3) is 0 Å². The Morgan fingerprint density at radius 3 is 2.71 bits per heavy atom. The molecule has 0 bridgehead atoms. The lowest BCUT2D eigenvalue weighted by atomic mass is 10.2. The van der Waals surface area contributed by atoms with Gasteiger partial charge in [-0.2, -0.15) is 0 Å². The molecule has 0 spiro atoms. The van der Waals surface area contributed by atoms with Crippen LogP contribution in [0, 0.1) is 0 Å². The standard InChI is InChI=1S/C13H11Cl2NO/c14-8-10-4-5-13(12(15)7-10)17-9-11-3-1-2-6-16-11/h1-7H,8-9H2. The van der Waals surface area contributed by atoms with Crippen molar-refractivity contribution in [3.8, 4) is 5.75 Å². The van der Waals surface area contributed by atoms with E-state index >= 15 is 0 Å². The monoisotopic (exact) mass is 267 g/mol. The summed E-state index contributed by atoms with van der Waals surface area (Å²) in [4.78, 5) is 4.17. The quantitative estimate of drug-likeness (QED) is 0.780.